The van der Waals surface area contributed by atoms with Crippen molar-refractivity contribution in [1.82, 2.24) is 24.8 Å². The third kappa shape index (κ3) is 2.94. The van der Waals surface area contributed by atoms with E-state index in [9.17, 15) is 23.1 Å². The van der Waals surface area contributed by atoms with Crippen molar-refractivity contribution < 1.29 is 27.8 Å². The highest BCUT2D eigenvalue weighted by Gasteiger charge is 2.94. The number of aryl methyl sites for hydroxylation is 1. The number of aromatic nitrogens is 3. The lowest BCUT2D eigenvalue weighted by Gasteiger charge is -2.64. The van der Waals surface area contributed by atoms with Crippen LogP contribution in [0.2, 0.25) is 0 Å². The van der Waals surface area contributed by atoms with E-state index in [2.05, 4.69) is 20.3 Å². The van der Waals surface area contributed by atoms with Crippen LogP contribution in [0.3, 0.4) is 0 Å². The molecule has 2 amide bonds. The zero-order valence-electron chi connectivity index (χ0n) is 20.9. The Bertz CT molecular complexity index is 1490. The summed E-state index contributed by atoms with van der Waals surface area (Å²) in [7, 11) is 0. The van der Waals surface area contributed by atoms with Gasteiger partial charge in [-0.05, 0) is 49.6 Å². The number of piperidine rings is 1. The maximum absolute atomic E-state index is 13.5. The van der Waals surface area contributed by atoms with Gasteiger partial charge in [-0.25, -0.2) is 9.78 Å². The van der Waals surface area contributed by atoms with E-state index in [1.54, 1.807) is 16.0 Å². The maximum Gasteiger partial charge on any atom is 0.417 e. The van der Waals surface area contributed by atoms with E-state index in [1.807, 2.05) is 32.0 Å². The maximum atomic E-state index is 13.5. The lowest BCUT2D eigenvalue weighted by atomic mass is 9.56. The van der Waals surface area contributed by atoms with Crippen molar-refractivity contribution in [1.29, 1.82) is 0 Å². The van der Waals surface area contributed by atoms with E-state index >= 15 is 0 Å². The highest BCUT2D eigenvalue weighted by atomic mass is 19.4. The predicted octanol–water partition coefficient (Wildman–Crippen LogP) is 3.82. The van der Waals surface area contributed by atoms with Gasteiger partial charge in [-0.3, -0.25) is 0 Å². The molecule has 3 fully saturated rings. The number of hydrogen-bond acceptors (Lipinski definition) is 6. The summed E-state index contributed by atoms with van der Waals surface area (Å²) in [5.74, 6) is 1.37. The summed E-state index contributed by atoms with van der Waals surface area (Å²) in [6, 6.07) is 4.54. The van der Waals surface area contributed by atoms with Crippen LogP contribution in [0, 0.1) is 12.3 Å². The van der Waals surface area contributed by atoms with Crippen molar-refractivity contribution in [2.75, 3.05) is 25.0 Å². The molecule has 2 aliphatic carbocycles. The molecule has 1 saturated heterocycles. The van der Waals surface area contributed by atoms with Crippen LogP contribution in [0.4, 0.5) is 23.9 Å². The number of fused-ring (bicyclic) bond motifs is 2. The van der Waals surface area contributed by atoms with Crippen molar-refractivity contribution in [3.05, 3.63) is 35.5 Å². The van der Waals surface area contributed by atoms with Gasteiger partial charge in [0.15, 0.2) is 11.2 Å². The predicted molar refractivity (Wildman–Crippen MR) is 132 cm³/mol. The molecule has 4 aliphatic rings. The first kappa shape index (κ1) is 23.6. The number of ether oxygens (including phenoxy) is 1. The Morgan fingerprint density at radius 2 is 2.05 bits per heavy atom. The minimum atomic E-state index is -4.68. The first-order valence-electron chi connectivity index (χ1n) is 12.8. The van der Waals surface area contributed by atoms with Crippen molar-refractivity contribution >= 4 is 23.1 Å². The molecule has 12 heteroatoms. The number of H-pyrrole nitrogens is 1. The summed E-state index contributed by atoms with van der Waals surface area (Å²) in [6.07, 6.45) is -3.19. The lowest BCUT2D eigenvalue weighted by Crippen LogP contribution is -2.81. The van der Waals surface area contributed by atoms with E-state index in [4.69, 9.17) is 4.74 Å². The molecule has 7 rings (SSSR count). The molecule has 2 aromatic heterocycles. The van der Waals surface area contributed by atoms with Crippen LogP contribution in [-0.4, -0.2) is 79.4 Å². The fourth-order valence-electron chi connectivity index (χ4n) is 6.85. The van der Waals surface area contributed by atoms with Gasteiger partial charge in [0.1, 0.15) is 12.4 Å². The minimum Gasteiger partial charge on any atom is -0.491 e. The summed E-state index contributed by atoms with van der Waals surface area (Å²) in [5, 5.41) is 13.4. The van der Waals surface area contributed by atoms with Gasteiger partial charge in [-0.1, -0.05) is 0 Å². The number of carbonyl (C=O) groups excluding carboxylic acids is 1. The number of rotatable bonds is 3. The summed E-state index contributed by atoms with van der Waals surface area (Å²) in [4.78, 5) is 28.8. The monoisotopic (exact) mass is 528 g/mol. The van der Waals surface area contributed by atoms with Gasteiger partial charge in [0.2, 0.25) is 5.95 Å². The van der Waals surface area contributed by atoms with E-state index < -0.39 is 35.7 Å². The molecule has 38 heavy (non-hydrogen) atoms. The second-order valence-electron chi connectivity index (χ2n) is 10.8. The molecular weight excluding hydrogens is 501 g/mol. The number of hydrogen-bond donors (Lipinski definition) is 3. The Kier molecular flexibility index (Phi) is 4.67. The first-order valence-corrected chi connectivity index (χ1v) is 12.8. The number of imidazole rings is 1. The Balaban J connectivity index is 1.14. The molecule has 4 unspecified atom stereocenters. The number of nitrogens with one attached hydrogen (secondary N) is 2. The van der Waals surface area contributed by atoms with Crippen LogP contribution in [0.5, 0.6) is 5.75 Å². The van der Waals surface area contributed by atoms with Crippen molar-refractivity contribution in [3.8, 4) is 16.9 Å². The molecule has 200 valence electrons. The molecule has 1 aromatic carbocycles. The normalized spacial score (nSPS) is 29.3. The quantitative estimate of drug-likeness (QED) is 0.477. The number of nitrogens with zero attached hydrogens (tertiary/aromatic N) is 4. The van der Waals surface area contributed by atoms with Gasteiger partial charge in [-0.15, -0.1) is 0 Å². The highest BCUT2D eigenvalue weighted by Crippen LogP contribution is 2.80. The number of alkyl halides is 3. The number of pyridine rings is 1. The van der Waals surface area contributed by atoms with Gasteiger partial charge >= 0.3 is 12.2 Å². The van der Waals surface area contributed by atoms with E-state index in [0.29, 0.717) is 23.9 Å². The topological polar surface area (TPSA) is 107 Å². The molecule has 0 radical (unpaired) electrons. The van der Waals surface area contributed by atoms with Crippen LogP contribution >= 0.6 is 0 Å². The molecule has 1 spiro atoms. The molecule has 0 bridgehead atoms. The second-order valence-corrected chi connectivity index (χ2v) is 10.8. The zero-order valence-corrected chi connectivity index (χ0v) is 20.9. The molecular formula is C26H27F3N6O3. The lowest BCUT2D eigenvalue weighted by molar-refractivity contribution is -0.356. The van der Waals surface area contributed by atoms with Gasteiger partial charge in [0.05, 0.1) is 24.0 Å². The van der Waals surface area contributed by atoms with E-state index in [-0.39, 0.29) is 25.6 Å². The molecule has 3 N–H and O–H groups in total. The Hall–Kier alpha value is -3.54. The fourth-order valence-corrected chi connectivity index (χ4v) is 6.85. The molecule has 2 saturated carbocycles. The third-order valence-corrected chi connectivity index (χ3v) is 8.79. The second kappa shape index (κ2) is 7.52. The number of anilines is 1. The number of amides is 2. The Morgan fingerprint density at radius 1 is 1.26 bits per heavy atom. The van der Waals surface area contributed by atoms with Crippen LogP contribution in [-0.2, 0) is 6.54 Å². The van der Waals surface area contributed by atoms with E-state index in [0.717, 1.165) is 34.3 Å². The SMILES string of the molecule is CCNc1nc2ncc(-c3cc(C)c4c(c3)CN(C(=O)N3C5CC56C3CC6(O)C(F)(F)F)CCO4)cc2[nH]1. The average Bonchev–Trinajstić information content (AvgIpc) is 3.51. The number of likely N-dealkylation sites (tertiary alicyclic amines) is 1. The van der Waals surface area contributed by atoms with E-state index in [1.165, 1.54) is 0 Å². The molecule has 4 atom stereocenters. The zero-order chi connectivity index (χ0) is 26.6. The van der Waals surface area contributed by atoms with Crippen LogP contribution < -0.4 is 10.1 Å². The van der Waals surface area contributed by atoms with Gasteiger partial charge < -0.3 is 29.9 Å². The van der Waals surface area contributed by atoms with Crippen LogP contribution in [0.25, 0.3) is 22.3 Å². The van der Waals surface area contributed by atoms with Crippen molar-refractivity contribution in [2.24, 2.45) is 5.41 Å². The van der Waals surface area contributed by atoms with Crippen LogP contribution in [0.1, 0.15) is 30.9 Å². The minimum absolute atomic E-state index is 0.197. The van der Waals surface area contributed by atoms with Gasteiger partial charge in [-0.2, -0.15) is 18.2 Å². The van der Waals surface area contributed by atoms with Gasteiger partial charge in [0.25, 0.3) is 0 Å². The number of benzene rings is 1. The molecule has 3 aromatic rings. The standard InChI is InChI=1S/C26H27F3N6O3/c1-3-30-22-32-17-8-15(11-31-21(17)33-22)14-6-13(2)20-16(7-14)12-34(4-5-38-20)23(36)35-18-9-24(18)19(35)10-25(24,37)26(27,28)29/h6-8,11,18-19,37H,3-5,9-10,12H2,1-2H3,(H2,30,31,32,33). The van der Waals surface area contributed by atoms with Crippen LogP contribution in [0.15, 0.2) is 24.4 Å². The number of aromatic amines is 1. The van der Waals surface area contributed by atoms with Crippen molar-refractivity contribution in [3.63, 3.8) is 0 Å². The Morgan fingerprint density at radius 3 is 2.79 bits per heavy atom. The molecule has 9 nitrogen and oxygen atoms in total. The highest BCUT2D eigenvalue weighted by molar-refractivity contribution is 5.81. The van der Waals surface area contributed by atoms with Gasteiger partial charge in [0, 0.05) is 42.4 Å². The van der Waals surface area contributed by atoms with Crippen molar-refractivity contribution in [2.45, 2.75) is 57.1 Å². The first-order chi connectivity index (χ1) is 18.1. The molecule has 4 heterocycles. The average molecular weight is 529 g/mol. The fraction of sp³-hybridized carbons (Fsp3) is 0.500. The number of halogens is 3. The Labute approximate surface area is 216 Å². The summed E-state index contributed by atoms with van der Waals surface area (Å²) < 4.78 is 46.4. The molecule has 2 aliphatic heterocycles. The third-order valence-electron chi connectivity index (χ3n) is 8.79. The smallest absolute Gasteiger partial charge is 0.417 e. The summed E-state index contributed by atoms with van der Waals surface area (Å²) in [5.41, 5.74) is 1.05. The number of aliphatic hydroxyl groups is 1. The number of urea groups is 1. The summed E-state index contributed by atoms with van der Waals surface area (Å²) in [6.45, 7) is 5.55. The number of carbonyl (C=O) groups is 1. The largest absolute Gasteiger partial charge is 0.491 e. The summed E-state index contributed by atoms with van der Waals surface area (Å²) >= 11 is 0.